The van der Waals surface area contributed by atoms with Gasteiger partial charge in [0.15, 0.2) is 11.5 Å². The maximum Gasteiger partial charge on any atom is 0.573 e. The van der Waals surface area contributed by atoms with Gasteiger partial charge < -0.3 is 9.47 Å². The van der Waals surface area contributed by atoms with E-state index in [1.165, 1.54) is 6.92 Å². The average Bonchev–Trinajstić information content (AvgIpc) is 2.27. The van der Waals surface area contributed by atoms with E-state index in [0.29, 0.717) is 0 Å². The van der Waals surface area contributed by atoms with Gasteiger partial charge in [-0.3, -0.25) is 10.1 Å². The van der Waals surface area contributed by atoms with E-state index in [0.717, 1.165) is 0 Å². The monoisotopic (exact) mass is 319 g/mol. The van der Waals surface area contributed by atoms with Gasteiger partial charge in [0.1, 0.15) is 5.56 Å². The summed E-state index contributed by atoms with van der Waals surface area (Å²) >= 11 is 0. The van der Waals surface area contributed by atoms with Crippen molar-refractivity contribution in [1.82, 2.24) is 0 Å². The molecule has 0 atom stereocenters. The van der Waals surface area contributed by atoms with Crippen molar-refractivity contribution in [2.45, 2.75) is 19.5 Å². The van der Waals surface area contributed by atoms with Gasteiger partial charge >= 0.3 is 12.5 Å². The van der Waals surface area contributed by atoms with Crippen LogP contribution in [-0.4, -0.2) is 17.9 Å². The first kappa shape index (κ1) is 16.9. The smallest absolute Gasteiger partial charge is 0.490 e. The molecular weight excluding hydrogens is 312 g/mol. The standard InChI is InChI=1S/C10H7F6NO4/c1-2-20-7-3-5(9(11,12)13)6(17(18)19)4-8(7)21-10(14,15)16/h3-4H,2H2,1H3. The molecule has 0 spiro atoms. The predicted octanol–water partition coefficient (Wildman–Crippen LogP) is 3.91. The van der Waals surface area contributed by atoms with Crippen LogP contribution in [-0.2, 0) is 6.18 Å². The third kappa shape index (κ3) is 4.39. The molecule has 1 aromatic carbocycles. The molecule has 5 nitrogen and oxygen atoms in total. The second-order valence-corrected chi connectivity index (χ2v) is 3.55. The fraction of sp³-hybridized carbons (Fsp3) is 0.400. The zero-order valence-corrected chi connectivity index (χ0v) is 10.2. The molecule has 0 aromatic heterocycles. The fourth-order valence-corrected chi connectivity index (χ4v) is 1.40. The van der Waals surface area contributed by atoms with Crippen molar-refractivity contribution >= 4 is 5.69 Å². The molecule has 0 aliphatic rings. The van der Waals surface area contributed by atoms with Crippen molar-refractivity contribution in [3.05, 3.63) is 27.8 Å². The summed E-state index contributed by atoms with van der Waals surface area (Å²) in [6.07, 6.45) is -10.4. The Labute approximate surface area is 113 Å². The van der Waals surface area contributed by atoms with Crippen LogP contribution >= 0.6 is 0 Å². The molecule has 0 N–H and O–H groups in total. The van der Waals surface area contributed by atoms with Crippen LogP contribution in [0.2, 0.25) is 0 Å². The number of nitro benzene ring substituents is 1. The number of halogens is 6. The van der Waals surface area contributed by atoms with Crippen molar-refractivity contribution in [2.24, 2.45) is 0 Å². The lowest BCUT2D eigenvalue weighted by Gasteiger charge is -2.15. The first-order valence-corrected chi connectivity index (χ1v) is 5.24. The SMILES string of the molecule is CCOc1cc(C(F)(F)F)c([N+](=O)[O-])cc1OC(F)(F)F. The lowest BCUT2D eigenvalue weighted by molar-refractivity contribution is -0.388. The van der Waals surface area contributed by atoms with Gasteiger partial charge in [0.05, 0.1) is 17.6 Å². The summed E-state index contributed by atoms with van der Waals surface area (Å²) in [5.41, 5.74) is -3.30. The van der Waals surface area contributed by atoms with Gasteiger partial charge in [0, 0.05) is 6.07 Å². The highest BCUT2D eigenvalue weighted by Gasteiger charge is 2.41. The quantitative estimate of drug-likeness (QED) is 0.479. The third-order valence-electron chi connectivity index (χ3n) is 2.09. The molecule has 0 bridgehead atoms. The van der Waals surface area contributed by atoms with E-state index in [1.807, 2.05) is 0 Å². The van der Waals surface area contributed by atoms with E-state index in [1.54, 1.807) is 0 Å². The second-order valence-electron chi connectivity index (χ2n) is 3.55. The van der Waals surface area contributed by atoms with Crippen molar-refractivity contribution in [3.63, 3.8) is 0 Å². The van der Waals surface area contributed by atoms with E-state index >= 15 is 0 Å². The molecule has 0 fully saturated rings. The summed E-state index contributed by atoms with van der Waals surface area (Å²) < 4.78 is 82.6. The topological polar surface area (TPSA) is 61.6 Å². The number of rotatable bonds is 4. The summed E-state index contributed by atoms with van der Waals surface area (Å²) in [6.45, 7) is 1.05. The number of benzene rings is 1. The molecule has 0 saturated carbocycles. The Kier molecular flexibility index (Phi) is 4.54. The summed E-state index contributed by atoms with van der Waals surface area (Å²) in [5, 5.41) is 10.6. The minimum Gasteiger partial charge on any atom is -0.490 e. The Morgan fingerprint density at radius 3 is 2.10 bits per heavy atom. The van der Waals surface area contributed by atoms with E-state index in [-0.39, 0.29) is 18.7 Å². The highest BCUT2D eigenvalue weighted by Crippen LogP contribution is 2.44. The van der Waals surface area contributed by atoms with Crippen LogP contribution in [0.15, 0.2) is 12.1 Å². The zero-order valence-electron chi connectivity index (χ0n) is 10.2. The van der Waals surface area contributed by atoms with E-state index < -0.39 is 40.2 Å². The van der Waals surface area contributed by atoms with E-state index in [9.17, 15) is 36.5 Å². The summed E-state index contributed by atoms with van der Waals surface area (Å²) in [6, 6.07) is 0.129. The molecule has 1 aromatic rings. The van der Waals surface area contributed by atoms with Gasteiger partial charge in [-0.25, -0.2) is 0 Å². The van der Waals surface area contributed by atoms with Crippen molar-refractivity contribution in [3.8, 4) is 11.5 Å². The Morgan fingerprint density at radius 2 is 1.71 bits per heavy atom. The average molecular weight is 319 g/mol. The number of alkyl halides is 6. The second kappa shape index (κ2) is 5.66. The van der Waals surface area contributed by atoms with Crippen LogP contribution in [0.1, 0.15) is 12.5 Å². The highest BCUT2D eigenvalue weighted by molar-refractivity contribution is 5.55. The van der Waals surface area contributed by atoms with Gasteiger partial charge in [-0.2, -0.15) is 13.2 Å². The zero-order chi connectivity index (χ0) is 16.4. The van der Waals surface area contributed by atoms with Gasteiger partial charge in [0.25, 0.3) is 5.69 Å². The number of ether oxygens (including phenoxy) is 2. The lowest BCUT2D eigenvalue weighted by Crippen LogP contribution is -2.19. The van der Waals surface area contributed by atoms with Crippen LogP contribution in [0.25, 0.3) is 0 Å². The van der Waals surface area contributed by atoms with Crippen LogP contribution in [0, 0.1) is 10.1 Å². The van der Waals surface area contributed by atoms with Crippen LogP contribution in [0.5, 0.6) is 11.5 Å². The first-order valence-electron chi connectivity index (χ1n) is 5.24. The Bertz CT molecular complexity index is 540. The largest absolute Gasteiger partial charge is 0.573 e. The molecule has 11 heteroatoms. The highest BCUT2D eigenvalue weighted by atomic mass is 19.4. The minimum absolute atomic E-state index is 0.0291. The number of nitro groups is 1. The number of hydrogen-bond acceptors (Lipinski definition) is 4. The molecule has 0 heterocycles. The predicted molar refractivity (Wildman–Crippen MR) is 56.0 cm³/mol. The third-order valence-corrected chi connectivity index (χ3v) is 2.09. The van der Waals surface area contributed by atoms with Crippen molar-refractivity contribution in [2.75, 3.05) is 6.61 Å². The van der Waals surface area contributed by atoms with Gasteiger partial charge in [0.2, 0.25) is 0 Å². The molecule has 1 rings (SSSR count). The normalized spacial score (nSPS) is 12.1. The summed E-state index contributed by atoms with van der Waals surface area (Å²) in [4.78, 5) is 9.13. The number of hydrogen-bond donors (Lipinski definition) is 0. The van der Waals surface area contributed by atoms with Gasteiger partial charge in [-0.1, -0.05) is 0 Å². The fourth-order valence-electron chi connectivity index (χ4n) is 1.40. The van der Waals surface area contributed by atoms with Crippen LogP contribution in [0.3, 0.4) is 0 Å². The van der Waals surface area contributed by atoms with E-state index in [2.05, 4.69) is 9.47 Å². The molecule has 0 saturated heterocycles. The Hall–Kier alpha value is -2.20. The summed E-state index contributed by atoms with van der Waals surface area (Å²) in [7, 11) is 0. The van der Waals surface area contributed by atoms with Crippen molar-refractivity contribution in [1.29, 1.82) is 0 Å². The van der Waals surface area contributed by atoms with Crippen LogP contribution in [0.4, 0.5) is 32.0 Å². The molecular formula is C10H7F6NO4. The van der Waals surface area contributed by atoms with Crippen molar-refractivity contribution < 1.29 is 40.7 Å². The van der Waals surface area contributed by atoms with Gasteiger partial charge in [-0.05, 0) is 6.92 Å². The Balaban J connectivity index is 3.50. The van der Waals surface area contributed by atoms with Crippen LogP contribution < -0.4 is 9.47 Å². The molecule has 0 radical (unpaired) electrons. The first-order chi connectivity index (χ1) is 9.45. The maximum absolute atomic E-state index is 12.7. The molecule has 21 heavy (non-hydrogen) atoms. The molecule has 0 aliphatic carbocycles. The summed E-state index contributed by atoms with van der Waals surface area (Å²) in [5.74, 6) is -2.11. The Morgan fingerprint density at radius 1 is 1.14 bits per heavy atom. The van der Waals surface area contributed by atoms with Gasteiger partial charge in [-0.15, -0.1) is 13.2 Å². The molecule has 0 unspecified atom stereocenters. The van der Waals surface area contributed by atoms with E-state index in [4.69, 9.17) is 0 Å². The molecule has 0 amide bonds. The maximum atomic E-state index is 12.7. The molecule has 0 aliphatic heterocycles. The number of nitrogens with zero attached hydrogens (tertiary/aromatic N) is 1. The lowest BCUT2D eigenvalue weighted by atomic mass is 10.1. The minimum atomic E-state index is -5.24. The molecule has 118 valence electrons.